The maximum Gasteiger partial charge on any atom is 0.320 e. The number of aromatic nitrogens is 4. The van der Waals surface area contributed by atoms with Crippen molar-refractivity contribution in [3.63, 3.8) is 0 Å². The van der Waals surface area contributed by atoms with Crippen LogP contribution in [0.1, 0.15) is 12.4 Å². The predicted octanol–water partition coefficient (Wildman–Crippen LogP) is 3.97. The van der Waals surface area contributed by atoms with Crippen molar-refractivity contribution in [3.8, 4) is 0 Å². The molecule has 26 heavy (non-hydrogen) atoms. The molecule has 0 saturated carbocycles. The molecule has 0 fully saturated rings. The summed E-state index contributed by atoms with van der Waals surface area (Å²) in [5, 5.41) is 0.987. The SMILES string of the molecule is Cn1c(SCc2nc3ccccc3n2C(F)F)nc2ccccc2c1=O. The van der Waals surface area contributed by atoms with Crippen LogP contribution in [0.5, 0.6) is 0 Å². The van der Waals surface area contributed by atoms with Crippen LogP contribution in [-0.4, -0.2) is 19.1 Å². The number of nitrogens with zero attached hydrogens (tertiary/aromatic N) is 4. The lowest BCUT2D eigenvalue weighted by atomic mass is 10.2. The van der Waals surface area contributed by atoms with Crippen LogP contribution < -0.4 is 5.56 Å². The maximum atomic E-state index is 13.5. The number of rotatable bonds is 4. The third-order valence-electron chi connectivity index (χ3n) is 4.14. The molecule has 0 aliphatic carbocycles. The van der Waals surface area contributed by atoms with Gasteiger partial charge in [-0.3, -0.25) is 13.9 Å². The number of benzene rings is 2. The molecule has 4 aromatic rings. The zero-order chi connectivity index (χ0) is 18.3. The summed E-state index contributed by atoms with van der Waals surface area (Å²) in [7, 11) is 1.63. The highest BCUT2D eigenvalue weighted by Gasteiger charge is 2.18. The summed E-state index contributed by atoms with van der Waals surface area (Å²) in [6, 6.07) is 13.8. The number of alkyl halides is 2. The predicted molar refractivity (Wildman–Crippen MR) is 97.5 cm³/mol. The van der Waals surface area contributed by atoms with Crippen LogP contribution in [0.4, 0.5) is 8.78 Å². The van der Waals surface area contributed by atoms with Gasteiger partial charge in [0.1, 0.15) is 5.82 Å². The van der Waals surface area contributed by atoms with Gasteiger partial charge in [0.05, 0.1) is 27.7 Å². The second-order valence-electron chi connectivity index (χ2n) is 5.73. The summed E-state index contributed by atoms with van der Waals surface area (Å²) >= 11 is 1.21. The van der Waals surface area contributed by atoms with Gasteiger partial charge in [0.2, 0.25) is 0 Å². The summed E-state index contributed by atoms with van der Waals surface area (Å²) in [5.74, 6) is 0.422. The van der Waals surface area contributed by atoms with E-state index in [-0.39, 0.29) is 17.1 Å². The van der Waals surface area contributed by atoms with E-state index in [2.05, 4.69) is 9.97 Å². The van der Waals surface area contributed by atoms with Crippen molar-refractivity contribution in [1.29, 1.82) is 0 Å². The van der Waals surface area contributed by atoms with E-state index in [1.165, 1.54) is 16.3 Å². The van der Waals surface area contributed by atoms with Gasteiger partial charge in [0.25, 0.3) is 5.56 Å². The van der Waals surface area contributed by atoms with Gasteiger partial charge in [-0.25, -0.2) is 9.97 Å². The van der Waals surface area contributed by atoms with Gasteiger partial charge in [-0.15, -0.1) is 0 Å². The first-order valence-corrected chi connectivity index (χ1v) is 8.87. The molecule has 2 aromatic heterocycles. The Hall–Kier alpha value is -2.74. The first-order valence-electron chi connectivity index (χ1n) is 7.89. The molecule has 2 aromatic carbocycles. The van der Waals surface area contributed by atoms with Gasteiger partial charge in [0, 0.05) is 7.05 Å². The van der Waals surface area contributed by atoms with E-state index in [4.69, 9.17) is 0 Å². The van der Waals surface area contributed by atoms with E-state index in [9.17, 15) is 13.6 Å². The largest absolute Gasteiger partial charge is 0.320 e. The molecule has 0 N–H and O–H groups in total. The van der Waals surface area contributed by atoms with Gasteiger partial charge in [-0.2, -0.15) is 8.78 Å². The molecule has 5 nitrogen and oxygen atoms in total. The topological polar surface area (TPSA) is 52.7 Å². The molecule has 8 heteroatoms. The van der Waals surface area contributed by atoms with E-state index in [1.54, 1.807) is 55.6 Å². The fourth-order valence-electron chi connectivity index (χ4n) is 2.87. The molecule has 4 rings (SSSR count). The van der Waals surface area contributed by atoms with Crippen molar-refractivity contribution < 1.29 is 8.78 Å². The van der Waals surface area contributed by atoms with Crippen LogP contribution in [0.15, 0.2) is 58.5 Å². The number of imidazole rings is 1. The molecular weight excluding hydrogens is 358 g/mol. The van der Waals surface area contributed by atoms with Crippen molar-refractivity contribution in [2.45, 2.75) is 17.5 Å². The number of hydrogen-bond acceptors (Lipinski definition) is 4. The Bertz CT molecular complexity index is 1170. The zero-order valence-corrected chi connectivity index (χ0v) is 14.6. The van der Waals surface area contributed by atoms with Crippen molar-refractivity contribution in [2.24, 2.45) is 7.05 Å². The molecule has 0 bridgehead atoms. The Morgan fingerprint density at radius 2 is 1.73 bits per heavy atom. The second kappa shape index (κ2) is 6.53. The van der Waals surface area contributed by atoms with Crippen LogP contribution in [0.2, 0.25) is 0 Å². The van der Waals surface area contributed by atoms with Gasteiger partial charge >= 0.3 is 6.55 Å². The molecule has 0 aliphatic heterocycles. The average Bonchev–Trinajstić information content (AvgIpc) is 3.02. The Labute approximate surface area is 151 Å². The highest BCUT2D eigenvalue weighted by atomic mass is 32.2. The lowest BCUT2D eigenvalue weighted by Gasteiger charge is -2.10. The van der Waals surface area contributed by atoms with Crippen molar-refractivity contribution in [1.82, 2.24) is 19.1 Å². The summed E-state index contributed by atoms with van der Waals surface area (Å²) in [5.41, 5.74) is 1.32. The third kappa shape index (κ3) is 2.76. The number of thioether (sulfide) groups is 1. The van der Waals surface area contributed by atoms with Gasteiger partial charge < -0.3 is 0 Å². The number of hydrogen-bond donors (Lipinski definition) is 0. The van der Waals surface area contributed by atoms with Crippen molar-refractivity contribution in [2.75, 3.05) is 0 Å². The smallest absolute Gasteiger partial charge is 0.290 e. The van der Waals surface area contributed by atoms with Gasteiger partial charge in [-0.1, -0.05) is 36.0 Å². The molecule has 0 spiro atoms. The lowest BCUT2D eigenvalue weighted by Crippen LogP contribution is -2.20. The molecule has 0 unspecified atom stereocenters. The summed E-state index contributed by atoms with van der Waals surface area (Å²) in [6.07, 6.45) is 0. The van der Waals surface area contributed by atoms with Crippen LogP contribution >= 0.6 is 11.8 Å². The fourth-order valence-corrected chi connectivity index (χ4v) is 3.77. The van der Waals surface area contributed by atoms with E-state index in [0.717, 1.165) is 4.57 Å². The van der Waals surface area contributed by atoms with E-state index >= 15 is 0 Å². The lowest BCUT2D eigenvalue weighted by molar-refractivity contribution is 0.0722. The van der Waals surface area contributed by atoms with Crippen molar-refractivity contribution >= 4 is 33.7 Å². The molecule has 132 valence electrons. The maximum absolute atomic E-state index is 13.5. The summed E-state index contributed by atoms with van der Waals surface area (Å²) in [6.45, 7) is -2.69. The Balaban J connectivity index is 1.73. The molecular formula is C18H14F2N4OS. The van der Waals surface area contributed by atoms with E-state index in [0.29, 0.717) is 27.1 Å². The van der Waals surface area contributed by atoms with Gasteiger partial charge in [0.15, 0.2) is 5.16 Å². The molecule has 2 heterocycles. The molecule has 0 aliphatic rings. The average molecular weight is 372 g/mol. The Kier molecular flexibility index (Phi) is 4.20. The van der Waals surface area contributed by atoms with Crippen molar-refractivity contribution in [3.05, 3.63) is 64.7 Å². The molecule has 0 amide bonds. The highest BCUT2D eigenvalue weighted by molar-refractivity contribution is 7.98. The minimum Gasteiger partial charge on any atom is -0.290 e. The van der Waals surface area contributed by atoms with Crippen LogP contribution in [0.25, 0.3) is 21.9 Å². The first kappa shape index (κ1) is 16.7. The normalized spacial score (nSPS) is 11.7. The summed E-state index contributed by atoms with van der Waals surface area (Å²) in [4.78, 5) is 21.2. The highest BCUT2D eigenvalue weighted by Crippen LogP contribution is 2.27. The van der Waals surface area contributed by atoms with E-state index in [1.807, 2.05) is 0 Å². The zero-order valence-electron chi connectivity index (χ0n) is 13.8. The molecule has 0 saturated heterocycles. The molecule has 0 atom stereocenters. The van der Waals surface area contributed by atoms with E-state index < -0.39 is 6.55 Å². The van der Waals surface area contributed by atoms with Gasteiger partial charge in [-0.05, 0) is 24.3 Å². The van der Waals surface area contributed by atoms with Crippen LogP contribution in [0, 0.1) is 0 Å². The minimum atomic E-state index is -2.69. The quantitative estimate of drug-likeness (QED) is 0.402. The first-order chi connectivity index (χ1) is 12.6. The number of fused-ring (bicyclic) bond motifs is 2. The monoisotopic (exact) mass is 372 g/mol. The number of halogens is 2. The van der Waals surface area contributed by atoms with Crippen LogP contribution in [-0.2, 0) is 12.8 Å². The standard InChI is InChI=1S/C18H14F2N4OS/c1-23-16(25)11-6-2-3-7-12(11)22-18(23)26-10-15-21-13-8-4-5-9-14(13)24(15)17(19)20/h2-9,17H,10H2,1H3. The molecule has 0 radical (unpaired) electrons. The Morgan fingerprint density at radius 1 is 1.04 bits per heavy atom. The summed E-state index contributed by atoms with van der Waals surface area (Å²) < 4.78 is 29.4. The van der Waals surface area contributed by atoms with Crippen LogP contribution in [0.3, 0.4) is 0 Å². The number of para-hydroxylation sites is 3. The third-order valence-corrected chi connectivity index (χ3v) is 5.16. The second-order valence-corrected chi connectivity index (χ2v) is 6.67. The minimum absolute atomic E-state index is 0.166. The Morgan fingerprint density at radius 3 is 2.50 bits per heavy atom. The fraction of sp³-hybridized carbons (Fsp3) is 0.167.